The summed E-state index contributed by atoms with van der Waals surface area (Å²) in [6.07, 6.45) is 0.628. The van der Waals surface area contributed by atoms with Crippen LogP contribution < -0.4 is 4.90 Å². The first-order valence-corrected chi connectivity index (χ1v) is 11.6. The molecule has 174 valence electrons. The van der Waals surface area contributed by atoms with E-state index in [9.17, 15) is 9.59 Å². The van der Waals surface area contributed by atoms with Gasteiger partial charge in [0, 0.05) is 52.1 Å². The Labute approximate surface area is 196 Å². The first kappa shape index (κ1) is 23.1. The molecule has 2 amide bonds. The highest BCUT2D eigenvalue weighted by molar-refractivity contribution is 6.35. The topological polar surface area (TPSA) is 53.1 Å². The number of ether oxygens (including phenoxy) is 1. The number of piperazine rings is 1. The van der Waals surface area contributed by atoms with Crippen molar-refractivity contribution in [3.05, 3.63) is 70.4 Å². The molecule has 2 aromatic carbocycles. The second-order valence-corrected chi connectivity index (χ2v) is 8.89. The van der Waals surface area contributed by atoms with E-state index in [1.165, 1.54) is 21.7 Å². The van der Waals surface area contributed by atoms with E-state index in [0.717, 1.165) is 24.2 Å². The summed E-state index contributed by atoms with van der Waals surface area (Å²) in [5, 5.41) is 0. The number of amides is 2. The lowest BCUT2D eigenvalue weighted by Gasteiger charge is -2.38. The van der Waals surface area contributed by atoms with Gasteiger partial charge in [-0.1, -0.05) is 42.0 Å². The van der Waals surface area contributed by atoms with Crippen LogP contribution in [0.2, 0.25) is 0 Å². The first-order chi connectivity index (χ1) is 15.9. The molecule has 0 radical (unpaired) electrons. The van der Waals surface area contributed by atoms with Crippen LogP contribution in [-0.2, 0) is 14.3 Å². The summed E-state index contributed by atoms with van der Waals surface area (Å²) in [5.74, 6) is -0.390. The third-order valence-corrected chi connectivity index (χ3v) is 6.73. The van der Waals surface area contributed by atoms with Gasteiger partial charge in [-0.05, 0) is 49.9 Å². The molecular weight excluding hydrogens is 414 g/mol. The maximum absolute atomic E-state index is 13.5. The molecule has 2 aliphatic heterocycles. The Morgan fingerprint density at radius 3 is 2.18 bits per heavy atom. The summed E-state index contributed by atoms with van der Waals surface area (Å²) < 4.78 is 5.13. The average molecular weight is 448 g/mol. The fraction of sp³-hybridized carbons (Fsp3) is 0.407. The number of anilines is 1. The highest BCUT2D eigenvalue weighted by Gasteiger charge is 2.41. The maximum Gasteiger partial charge on any atom is 0.277 e. The lowest BCUT2D eigenvalue weighted by atomic mass is 10.0. The second-order valence-electron chi connectivity index (χ2n) is 8.89. The van der Waals surface area contributed by atoms with E-state index in [-0.39, 0.29) is 11.8 Å². The van der Waals surface area contributed by atoms with E-state index in [2.05, 4.69) is 41.8 Å². The Morgan fingerprint density at radius 1 is 0.848 bits per heavy atom. The third kappa shape index (κ3) is 4.53. The quantitative estimate of drug-likeness (QED) is 0.480. The van der Waals surface area contributed by atoms with Gasteiger partial charge in [-0.2, -0.15) is 0 Å². The molecule has 6 heteroatoms. The van der Waals surface area contributed by atoms with Crippen molar-refractivity contribution in [2.75, 3.05) is 51.3 Å². The van der Waals surface area contributed by atoms with Crippen molar-refractivity contribution in [2.45, 2.75) is 27.2 Å². The van der Waals surface area contributed by atoms with Crippen LogP contribution in [0.5, 0.6) is 0 Å². The van der Waals surface area contributed by atoms with E-state index in [1.54, 1.807) is 7.11 Å². The molecule has 2 aliphatic rings. The summed E-state index contributed by atoms with van der Waals surface area (Å²) in [4.78, 5) is 32.7. The predicted octanol–water partition coefficient (Wildman–Crippen LogP) is 3.55. The number of nitrogens with zero attached hydrogens (tertiary/aromatic N) is 3. The van der Waals surface area contributed by atoms with Gasteiger partial charge in [-0.3, -0.25) is 14.5 Å². The van der Waals surface area contributed by atoms with Gasteiger partial charge in [0.1, 0.15) is 5.70 Å². The van der Waals surface area contributed by atoms with Crippen LogP contribution in [0.1, 0.15) is 28.7 Å². The highest BCUT2D eigenvalue weighted by atomic mass is 16.5. The van der Waals surface area contributed by atoms with Crippen LogP contribution in [0.25, 0.3) is 5.57 Å². The van der Waals surface area contributed by atoms with Crippen molar-refractivity contribution < 1.29 is 14.3 Å². The molecule has 0 N–H and O–H groups in total. The zero-order valence-corrected chi connectivity index (χ0v) is 20.1. The number of aryl methyl sites for hydroxylation is 2. The van der Waals surface area contributed by atoms with Crippen LogP contribution in [0.4, 0.5) is 5.69 Å². The number of hydrogen-bond donors (Lipinski definition) is 0. The first-order valence-electron chi connectivity index (χ1n) is 11.6. The summed E-state index contributed by atoms with van der Waals surface area (Å²) in [7, 11) is 1.63. The highest BCUT2D eigenvalue weighted by Crippen LogP contribution is 2.33. The van der Waals surface area contributed by atoms with Gasteiger partial charge in [0.25, 0.3) is 11.8 Å². The Balaban J connectivity index is 1.61. The fourth-order valence-corrected chi connectivity index (χ4v) is 4.66. The van der Waals surface area contributed by atoms with Gasteiger partial charge in [0.15, 0.2) is 0 Å². The van der Waals surface area contributed by atoms with Crippen molar-refractivity contribution in [2.24, 2.45) is 0 Å². The second kappa shape index (κ2) is 9.79. The SMILES string of the molecule is COCCCN1C(=O)C(c2ccc(C)cc2)=C(N2CCN(c3cccc(C)c3C)CC2)C1=O. The van der Waals surface area contributed by atoms with Crippen molar-refractivity contribution in [1.29, 1.82) is 0 Å². The summed E-state index contributed by atoms with van der Waals surface area (Å²) >= 11 is 0. The largest absolute Gasteiger partial charge is 0.385 e. The number of imide groups is 1. The minimum Gasteiger partial charge on any atom is -0.385 e. The number of hydrogen-bond acceptors (Lipinski definition) is 5. The number of rotatable bonds is 7. The third-order valence-electron chi connectivity index (χ3n) is 6.73. The average Bonchev–Trinajstić information content (AvgIpc) is 3.06. The number of methoxy groups -OCH3 is 1. The summed E-state index contributed by atoms with van der Waals surface area (Å²) in [6, 6.07) is 14.3. The number of carbonyl (C=O) groups excluding carboxylic acids is 2. The van der Waals surface area contributed by atoms with Crippen LogP contribution >= 0.6 is 0 Å². The van der Waals surface area contributed by atoms with Crippen molar-refractivity contribution >= 4 is 23.1 Å². The Morgan fingerprint density at radius 2 is 1.52 bits per heavy atom. The van der Waals surface area contributed by atoms with Gasteiger partial charge in [-0.15, -0.1) is 0 Å². The molecule has 0 spiro atoms. The van der Waals surface area contributed by atoms with Crippen molar-refractivity contribution in [3.8, 4) is 0 Å². The molecular formula is C27H33N3O3. The zero-order valence-electron chi connectivity index (χ0n) is 20.1. The molecule has 2 aromatic rings. The number of benzene rings is 2. The lowest BCUT2D eigenvalue weighted by molar-refractivity contribution is -0.137. The molecule has 0 atom stereocenters. The molecule has 0 saturated carbocycles. The van der Waals surface area contributed by atoms with E-state index in [1.807, 2.05) is 31.2 Å². The standard InChI is InChI=1S/C27H33N3O3/c1-19-9-11-22(12-10-19)24-25(27(32)30(26(24)31)13-6-18-33-4)29-16-14-28(15-17-29)23-8-5-7-20(2)21(23)3/h5,7-12H,6,13-18H2,1-4H3. The Hall–Kier alpha value is -3.12. The number of carbonyl (C=O) groups is 2. The molecule has 6 nitrogen and oxygen atoms in total. The van der Waals surface area contributed by atoms with Gasteiger partial charge < -0.3 is 14.5 Å². The minimum atomic E-state index is -0.202. The molecule has 2 heterocycles. The Bertz CT molecular complexity index is 1070. The lowest BCUT2D eigenvalue weighted by Crippen LogP contribution is -2.48. The molecule has 0 aliphatic carbocycles. The summed E-state index contributed by atoms with van der Waals surface area (Å²) in [6.45, 7) is 10.2. The molecule has 0 aromatic heterocycles. The van der Waals surface area contributed by atoms with Gasteiger partial charge in [0.2, 0.25) is 0 Å². The van der Waals surface area contributed by atoms with Crippen LogP contribution in [0.15, 0.2) is 48.2 Å². The summed E-state index contributed by atoms with van der Waals surface area (Å²) in [5.41, 5.74) is 6.82. The molecule has 1 fully saturated rings. The van der Waals surface area contributed by atoms with Crippen molar-refractivity contribution in [1.82, 2.24) is 9.80 Å². The van der Waals surface area contributed by atoms with Gasteiger partial charge in [-0.25, -0.2) is 0 Å². The van der Waals surface area contributed by atoms with Crippen LogP contribution in [-0.4, -0.2) is 68.1 Å². The normalized spacial score (nSPS) is 16.9. The van der Waals surface area contributed by atoms with Gasteiger partial charge in [0.05, 0.1) is 5.57 Å². The van der Waals surface area contributed by atoms with E-state index < -0.39 is 0 Å². The molecule has 0 bridgehead atoms. The van der Waals surface area contributed by atoms with E-state index in [4.69, 9.17) is 4.74 Å². The predicted molar refractivity (Wildman–Crippen MR) is 131 cm³/mol. The molecule has 1 saturated heterocycles. The molecule has 33 heavy (non-hydrogen) atoms. The molecule has 0 unspecified atom stereocenters. The van der Waals surface area contributed by atoms with Crippen LogP contribution in [0, 0.1) is 20.8 Å². The fourth-order valence-electron chi connectivity index (χ4n) is 4.66. The minimum absolute atomic E-state index is 0.188. The Kier molecular flexibility index (Phi) is 6.84. The van der Waals surface area contributed by atoms with Gasteiger partial charge >= 0.3 is 0 Å². The monoisotopic (exact) mass is 447 g/mol. The van der Waals surface area contributed by atoms with Crippen molar-refractivity contribution in [3.63, 3.8) is 0 Å². The zero-order chi connectivity index (χ0) is 23.5. The van der Waals surface area contributed by atoms with Crippen LogP contribution in [0.3, 0.4) is 0 Å². The maximum atomic E-state index is 13.5. The van der Waals surface area contributed by atoms with E-state index >= 15 is 0 Å². The van der Waals surface area contributed by atoms with E-state index in [0.29, 0.717) is 43.9 Å². The smallest absolute Gasteiger partial charge is 0.277 e. The molecule has 4 rings (SSSR count).